The molecule has 3 N–H and O–H groups in total. The normalized spacial score (nSPS) is 37.9. The summed E-state index contributed by atoms with van der Waals surface area (Å²) >= 11 is 2.97. The van der Waals surface area contributed by atoms with Gasteiger partial charge in [0.25, 0.3) is 0 Å². The monoisotopic (exact) mass is 222 g/mol. The van der Waals surface area contributed by atoms with Crippen LogP contribution in [0.1, 0.15) is 6.92 Å². The van der Waals surface area contributed by atoms with Gasteiger partial charge in [-0.15, -0.1) is 0 Å². The van der Waals surface area contributed by atoms with Crippen LogP contribution in [0.15, 0.2) is 0 Å². The number of aliphatic hydroxyl groups excluding tert-OH is 1. The zero-order chi connectivity index (χ0) is 8.65. The Balaban J connectivity index is 2.84. The molecule has 6 heteroatoms. The second-order valence-corrected chi connectivity index (χ2v) is 4.05. The van der Waals surface area contributed by atoms with Crippen LogP contribution in [0.5, 0.6) is 0 Å². The third-order valence-corrected chi connectivity index (χ3v) is 2.25. The molecule has 1 saturated heterocycles. The fourth-order valence-corrected chi connectivity index (χ4v) is 0.859. The third-order valence-electron chi connectivity index (χ3n) is 1.45. The van der Waals surface area contributed by atoms with Gasteiger partial charge in [-0.25, -0.2) is 4.79 Å². The van der Waals surface area contributed by atoms with Crippen molar-refractivity contribution in [3.8, 4) is 0 Å². The predicted molar refractivity (Wildman–Crippen MR) is 40.0 cm³/mol. The van der Waals surface area contributed by atoms with Gasteiger partial charge in [-0.1, -0.05) is 15.9 Å². The molecule has 0 aromatic rings. The fraction of sp³-hybridized carbons (Fsp3) is 0.600. The fourth-order valence-electron chi connectivity index (χ4n) is 0.645. The Bertz CT molecular complexity index is 216. The molecule has 0 saturated carbocycles. The Morgan fingerprint density at radius 1 is 1.64 bits per heavy atom. The first kappa shape index (κ1) is 8.48. The highest BCUT2D eigenvalue weighted by Gasteiger charge is 2.43. The van der Waals surface area contributed by atoms with Crippen molar-refractivity contribution in [2.24, 2.45) is 0 Å². The van der Waals surface area contributed by atoms with Crippen molar-refractivity contribution in [1.82, 2.24) is 10.6 Å². The number of halogens is 1. The van der Waals surface area contributed by atoms with E-state index in [1.165, 1.54) is 6.92 Å². The highest BCUT2D eigenvalue weighted by molar-refractivity contribution is 9.10. The van der Waals surface area contributed by atoms with Crippen LogP contribution in [-0.4, -0.2) is 27.6 Å². The Morgan fingerprint density at radius 2 is 2.18 bits per heavy atom. The summed E-state index contributed by atoms with van der Waals surface area (Å²) in [4.78, 5) is 21.5. The molecule has 1 rings (SSSR count). The molecule has 62 valence electrons. The average molecular weight is 223 g/mol. The molecule has 0 bridgehead atoms. The number of rotatable bonds is 0. The smallest absolute Gasteiger partial charge is 0.323 e. The Hall–Kier alpha value is -0.620. The summed E-state index contributed by atoms with van der Waals surface area (Å²) in [6.07, 6.45) is -1.19. The number of carbonyl (C=O) groups is 2. The van der Waals surface area contributed by atoms with Gasteiger partial charge in [0.1, 0.15) is 4.32 Å². The van der Waals surface area contributed by atoms with E-state index in [1.54, 1.807) is 0 Å². The van der Waals surface area contributed by atoms with Gasteiger partial charge in [-0.3, -0.25) is 10.1 Å². The summed E-state index contributed by atoms with van der Waals surface area (Å²) in [7, 11) is 0. The summed E-state index contributed by atoms with van der Waals surface area (Å²) in [5.74, 6) is -0.547. The minimum absolute atomic E-state index is 0.547. The van der Waals surface area contributed by atoms with Crippen LogP contribution < -0.4 is 10.6 Å². The molecule has 5 nitrogen and oxygen atoms in total. The zero-order valence-corrected chi connectivity index (χ0v) is 7.31. The predicted octanol–water partition coefficient (Wildman–Crippen LogP) is -0.702. The lowest BCUT2D eigenvalue weighted by molar-refractivity contribution is -0.126. The largest absolute Gasteiger partial charge is 0.372 e. The molecule has 0 radical (unpaired) electrons. The number of carbonyl (C=O) groups excluding carboxylic acids is 2. The van der Waals surface area contributed by atoms with Gasteiger partial charge in [0.2, 0.25) is 5.91 Å². The standard InChI is InChI=1S/C5H7BrN2O3/c1-5(6)2(9)7-4(11)8-3(5)10/h2,9H,1H3,(H2,7,8,10,11)/t2-,5-/m1/s1. The molecular weight excluding hydrogens is 216 g/mol. The number of alkyl halides is 1. The van der Waals surface area contributed by atoms with Crippen LogP contribution in [0.2, 0.25) is 0 Å². The van der Waals surface area contributed by atoms with Crippen molar-refractivity contribution < 1.29 is 14.7 Å². The van der Waals surface area contributed by atoms with E-state index in [-0.39, 0.29) is 0 Å². The van der Waals surface area contributed by atoms with Gasteiger partial charge < -0.3 is 10.4 Å². The third kappa shape index (κ3) is 1.36. The summed E-state index contributed by atoms with van der Waals surface area (Å²) in [5, 5.41) is 13.3. The summed E-state index contributed by atoms with van der Waals surface area (Å²) in [6.45, 7) is 1.46. The van der Waals surface area contributed by atoms with Crippen LogP contribution in [0, 0.1) is 0 Å². The quantitative estimate of drug-likeness (QED) is 0.475. The van der Waals surface area contributed by atoms with Crippen molar-refractivity contribution in [2.75, 3.05) is 0 Å². The molecule has 2 atom stereocenters. The lowest BCUT2D eigenvalue weighted by Gasteiger charge is -2.31. The summed E-state index contributed by atoms with van der Waals surface area (Å²) in [6, 6.07) is -0.681. The van der Waals surface area contributed by atoms with Crippen LogP contribution in [0.25, 0.3) is 0 Å². The van der Waals surface area contributed by atoms with E-state index in [0.717, 1.165) is 0 Å². The number of hydrogen-bond donors (Lipinski definition) is 3. The summed E-state index contributed by atoms with van der Waals surface area (Å²) < 4.78 is -1.14. The number of imide groups is 1. The maximum Gasteiger partial charge on any atom is 0.323 e. The van der Waals surface area contributed by atoms with Gasteiger partial charge in [-0.05, 0) is 6.92 Å². The lowest BCUT2D eigenvalue weighted by atomic mass is 10.1. The van der Waals surface area contributed by atoms with Gasteiger partial charge in [0.15, 0.2) is 6.23 Å². The van der Waals surface area contributed by atoms with E-state index in [4.69, 9.17) is 5.11 Å². The molecule has 0 aliphatic carbocycles. The number of aliphatic hydroxyl groups is 1. The van der Waals surface area contributed by atoms with Gasteiger partial charge >= 0.3 is 6.03 Å². The molecule has 0 aromatic heterocycles. The number of amides is 3. The highest BCUT2D eigenvalue weighted by atomic mass is 79.9. The average Bonchev–Trinajstić information content (AvgIpc) is 1.84. The van der Waals surface area contributed by atoms with Crippen molar-refractivity contribution in [3.63, 3.8) is 0 Å². The number of nitrogens with one attached hydrogen (secondary N) is 2. The molecule has 1 aliphatic heterocycles. The highest BCUT2D eigenvalue weighted by Crippen LogP contribution is 2.22. The van der Waals surface area contributed by atoms with Crippen molar-refractivity contribution in [1.29, 1.82) is 0 Å². The van der Waals surface area contributed by atoms with E-state index in [2.05, 4.69) is 21.2 Å². The molecule has 11 heavy (non-hydrogen) atoms. The van der Waals surface area contributed by atoms with Crippen molar-refractivity contribution >= 4 is 27.9 Å². The van der Waals surface area contributed by atoms with Gasteiger partial charge in [-0.2, -0.15) is 0 Å². The first-order chi connectivity index (χ1) is 4.94. The maximum atomic E-state index is 11.0. The summed E-state index contributed by atoms with van der Waals surface area (Å²) in [5.41, 5.74) is 0. The SMILES string of the molecule is C[C@]1(Br)C(=O)NC(=O)N[C@@H]1O. The maximum absolute atomic E-state index is 11.0. The minimum atomic E-state index is -1.19. The Labute approximate surface area is 71.3 Å². The molecule has 0 spiro atoms. The van der Waals surface area contributed by atoms with E-state index in [0.29, 0.717) is 0 Å². The molecule has 0 unspecified atom stereocenters. The lowest BCUT2D eigenvalue weighted by Crippen LogP contribution is -2.64. The second-order valence-electron chi connectivity index (χ2n) is 2.41. The molecule has 1 aliphatic rings. The molecule has 1 heterocycles. The molecule has 0 aromatic carbocycles. The van der Waals surface area contributed by atoms with E-state index in [1.807, 2.05) is 5.32 Å². The van der Waals surface area contributed by atoms with E-state index >= 15 is 0 Å². The van der Waals surface area contributed by atoms with Crippen molar-refractivity contribution in [3.05, 3.63) is 0 Å². The van der Waals surface area contributed by atoms with Crippen LogP contribution in [-0.2, 0) is 4.79 Å². The van der Waals surface area contributed by atoms with Crippen LogP contribution in [0.3, 0.4) is 0 Å². The number of hydrogen-bond acceptors (Lipinski definition) is 3. The van der Waals surface area contributed by atoms with E-state index in [9.17, 15) is 9.59 Å². The van der Waals surface area contributed by atoms with Crippen LogP contribution in [0.4, 0.5) is 4.79 Å². The molecule has 1 fully saturated rings. The number of urea groups is 1. The Morgan fingerprint density at radius 3 is 2.64 bits per heavy atom. The van der Waals surface area contributed by atoms with E-state index < -0.39 is 22.5 Å². The molecular formula is C5H7BrN2O3. The zero-order valence-electron chi connectivity index (χ0n) is 5.72. The second kappa shape index (κ2) is 2.46. The first-order valence-electron chi connectivity index (χ1n) is 2.93. The molecule has 3 amide bonds. The van der Waals surface area contributed by atoms with Gasteiger partial charge in [0.05, 0.1) is 0 Å². The van der Waals surface area contributed by atoms with Crippen LogP contribution >= 0.6 is 15.9 Å². The Kier molecular flexibility index (Phi) is 1.89. The van der Waals surface area contributed by atoms with Crippen molar-refractivity contribution in [2.45, 2.75) is 17.5 Å². The minimum Gasteiger partial charge on any atom is -0.372 e. The van der Waals surface area contributed by atoms with Gasteiger partial charge in [0, 0.05) is 0 Å². The topological polar surface area (TPSA) is 78.4 Å². The first-order valence-corrected chi connectivity index (χ1v) is 3.73.